The average Bonchev–Trinajstić information content (AvgIpc) is 2.89. The Balaban J connectivity index is 1.89. The normalized spacial score (nSPS) is 20.4. The predicted octanol–water partition coefficient (Wildman–Crippen LogP) is 3.84. The summed E-state index contributed by atoms with van der Waals surface area (Å²) in [6.07, 6.45) is 0.606. The highest BCUT2D eigenvalue weighted by Gasteiger charge is 2.28. The molecule has 2 atom stereocenters. The first-order valence-corrected chi connectivity index (χ1v) is 9.53. The molecule has 0 radical (unpaired) electrons. The van der Waals surface area contributed by atoms with Gasteiger partial charge >= 0.3 is 0 Å². The summed E-state index contributed by atoms with van der Waals surface area (Å²) >= 11 is 1.42. The highest BCUT2D eigenvalue weighted by molar-refractivity contribution is 7.94. The van der Waals surface area contributed by atoms with E-state index in [1.54, 1.807) is 20.3 Å². The summed E-state index contributed by atoms with van der Waals surface area (Å²) in [5.74, 6) is 2.64. The van der Waals surface area contributed by atoms with Crippen LogP contribution in [-0.4, -0.2) is 31.7 Å². The zero-order chi connectivity index (χ0) is 18.5. The molecule has 0 spiro atoms. The standard InChI is InChI=1S/C20H25NO4S/c1-13-4-5-14(17(22)8-13)9-16-11-21-12-26-25-20(16)15-6-7-18(23-2)19(10-15)24-3/h4-8,10,16,20-22H,9,11-12H2,1-3H3. The van der Waals surface area contributed by atoms with Crippen molar-refractivity contribution in [2.75, 3.05) is 26.6 Å². The zero-order valence-corrected chi connectivity index (χ0v) is 16.1. The van der Waals surface area contributed by atoms with Crippen molar-refractivity contribution in [3.63, 3.8) is 0 Å². The minimum Gasteiger partial charge on any atom is -0.508 e. The number of nitrogens with one attached hydrogen (secondary N) is 1. The van der Waals surface area contributed by atoms with E-state index in [9.17, 15) is 5.11 Å². The number of ether oxygens (including phenoxy) is 2. The van der Waals surface area contributed by atoms with E-state index in [0.717, 1.165) is 35.5 Å². The Bertz CT molecular complexity index is 753. The van der Waals surface area contributed by atoms with Crippen LogP contribution in [0, 0.1) is 12.8 Å². The summed E-state index contributed by atoms with van der Waals surface area (Å²) in [5.41, 5.74) is 3.02. The van der Waals surface area contributed by atoms with Crippen LogP contribution in [0.1, 0.15) is 22.8 Å². The second kappa shape index (κ2) is 8.66. The van der Waals surface area contributed by atoms with E-state index in [1.165, 1.54) is 12.0 Å². The van der Waals surface area contributed by atoms with Gasteiger partial charge in [-0.3, -0.25) is 0 Å². The van der Waals surface area contributed by atoms with Gasteiger partial charge in [0.15, 0.2) is 11.5 Å². The van der Waals surface area contributed by atoms with E-state index < -0.39 is 0 Å². The van der Waals surface area contributed by atoms with Crippen LogP contribution in [-0.2, 0) is 10.6 Å². The fourth-order valence-electron chi connectivity index (χ4n) is 3.24. The Labute approximate surface area is 158 Å². The summed E-state index contributed by atoms with van der Waals surface area (Å²) in [6, 6.07) is 11.7. The average molecular weight is 375 g/mol. The highest BCUT2D eigenvalue weighted by atomic mass is 32.2. The first-order valence-electron chi connectivity index (χ1n) is 8.61. The lowest BCUT2D eigenvalue weighted by atomic mass is 9.89. The van der Waals surface area contributed by atoms with E-state index >= 15 is 0 Å². The van der Waals surface area contributed by atoms with E-state index in [2.05, 4.69) is 5.32 Å². The molecule has 26 heavy (non-hydrogen) atoms. The highest BCUT2D eigenvalue weighted by Crippen LogP contribution is 2.39. The number of phenolic OH excluding ortho intramolecular Hbond substituents is 1. The smallest absolute Gasteiger partial charge is 0.161 e. The second-order valence-corrected chi connectivity index (χ2v) is 7.16. The SMILES string of the molecule is COc1ccc(C2OSCNCC2Cc2ccc(C)cc2O)cc1OC. The van der Waals surface area contributed by atoms with Gasteiger partial charge in [-0.05, 0) is 48.2 Å². The summed E-state index contributed by atoms with van der Waals surface area (Å²) < 4.78 is 16.9. The molecular weight excluding hydrogens is 350 g/mol. The van der Waals surface area contributed by atoms with Gasteiger partial charge in [-0.1, -0.05) is 18.2 Å². The van der Waals surface area contributed by atoms with Crippen molar-refractivity contribution >= 4 is 12.0 Å². The minimum absolute atomic E-state index is 0.115. The summed E-state index contributed by atoms with van der Waals surface area (Å²) in [5, 5.41) is 13.7. The lowest BCUT2D eigenvalue weighted by Gasteiger charge is -2.25. The van der Waals surface area contributed by atoms with Gasteiger partial charge in [-0.15, -0.1) is 0 Å². The van der Waals surface area contributed by atoms with Crippen molar-refractivity contribution < 1.29 is 18.8 Å². The van der Waals surface area contributed by atoms with Gasteiger partial charge in [0.2, 0.25) is 0 Å². The lowest BCUT2D eigenvalue weighted by molar-refractivity contribution is 0.170. The Morgan fingerprint density at radius 3 is 2.69 bits per heavy atom. The van der Waals surface area contributed by atoms with Crippen LogP contribution in [0.5, 0.6) is 17.2 Å². The fraction of sp³-hybridized carbons (Fsp3) is 0.400. The van der Waals surface area contributed by atoms with Crippen molar-refractivity contribution in [2.45, 2.75) is 19.4 Å². The van der Waals surface area contributed by atoms with Crippen LogP contribution < -0.4 is 14.8 Å². The Hall–Kier alpha value is -1.89. The van der Waals surface area contributed by atoms with Gasteiger partial charge in [-0.25, -0.2) is 0 Å². The number of rotatable bonds is 5. The van der Waals surface area contributed by atoms with Crippen molar-refractivity contribution in [3.8, 4) is 17.2 Å². The van der Waals surface area contributed by atoms with Gasteiger partial charge < -0.3 is 24.1 Å². The van der Waals surface area contributed by atoms with Gasteiger partial charge in [0, 0.05) is 24.5 Å². The van der Waals surface area contributed by atoms with Crippen molar-refractivity contribution in [2.24, 2.45) is 5.92 Å². The van der Waals surface area contributed by atoms with Crippen LogP contribution >= 0.6 is 12.0 Å². The molecule has 2 aromatic carbocycles. The topological polar surface area (TPSA) is 60.0 Å². The Kier molecular flexibility index (Phi) is 6.29. The van der Waals surface area contributed by atoms with E-state index in [4.69, 9.17) is 13.7 Å². The molecule has 1 aliphatic rings. The van der Waals surface area contributed by atoms with Crippen molar-refractivity contribution in [1.29, 1.82) is 0 Å². The molecule has 0 bridgehead atoms. The molecule has 6 heteroatoms. The number of hydrogen-bond acceptors (Lipinski definition) is 6. The lowest BCUT2D eigenvalue weighted by Crippen LogP contribution is -2.26. The number of aryl methyl sites for hydroxylation is 1. The van der Waals surface area contributed by atoms with E-state index in [0.29, 0.717) is 17.2 Å². The van der Waals surface area contributed by atoms with Gasteiger partial charge in [0.05, 0.1) is 20.1 Å². The molecule has 1 aliphatic heterocycles. The van der Waals surface area contributed by atoms with Crippen LogP contribution in [0.25, 0.3) is 0 Å². The number of methoxy groups -OCH3 is 2. The third kappa shape index (κ3) is 4.26. The van der Waals surface area contributed by atoms with Crippen LogP contribution in [0.2, 0.25) is 0 Å². The molecular formula is C20H25NO4S. The number of phenols is 1. The number of benzene rings is 2. The second-order valence-electron chi connectivity index (χ2n) is 6.44. The summed E-state index contributed by atoms with van der Waals surface area (Å²) in [4.78, 5) is 0. The molecule has 1 heterocycles. The van der Waals surface area contributed by atoms with Crippen molar-refractivity contribution in [1.82, 2.24) is 5.32 Å². The molecule has 2 N–H and O–H groups in total. The van der Waals surface area contributed by atoms with Gasteiger partial charge in [0.25, 0.3) is 0 Å². The molecule has 0 aliphatic carbocycles. The first kappa shape index (κ1) is 18.9. The van der Waals surface area contributed by atoms with Crippen LogP contribution in [0.4, 0.5) is 0 Å². The largest absolute Gasteiger partial charge is 0.508 e. The van der Waals surface area contributed by atoms with Crippen molar-refractivity contribution in [3.05, 3.63) is 53.1 Å². The Morgan fingerprint density at radius 1 is 1.15 bits per heavy atom. The summed E-state index contributed by atoms with van der Waals surface area (Å²) in [7, 11) is 3.26. The third-order valence-corrected chi connectivity index (χ3v) is 5.29. The molecule has 2 aromatic rings. The quantitative estimate of drug-likeness (QED) is 0.775. The van der Waals surface area contributed by atoms with E-state index in [1.807, 2.05) is 37.3 Å². The molecule has 2 unspecified atom stereocenters. The molecule has 0 saturated carbocycles. The monoisotopic (exact) mass is 375 g/mol. The molecule has 3 rings (SSSR count). The van der Waals surface area contributed by atoms with Gasteiger partial charge in [0.1, 0.15) is 11.9 Å². The van der Waals surface area contributed by atoms with Crippen LogP contribution in [0.15, 0.2) is 36.4 Å². The maximum atomic E-state index is 10.3. The maximum Gasteiger partial charge on any atom is 0.161 e. The molecule has 1 fully saturated rings. The molecule has 1 saturated heterocycles. The molecule has 140 valence electrons. The van der Waals surface area contributed by atoms with Crippen LogP contribution in [0.3, 0.4) is 0 Å². The van der Waals surface area contributed by atoms with E-state index in [-0.39, 0.29) is 12.0 Å². The molecule has 5 nitrogen and oxygen atoms in total. The predicted molar refractivity (Wildman–Crippen MR) is 104 cm³/mol. The minimum atomic E-state index is -0.115. The fourth-order valence-corrected chi connectivity index (χ4v) is 3.93. The number of aromatic hydroxyl groups is 1. The zero-order valence-electron chi connectivity index (χ0n) is 15.3. The first-order chi connectivity index (χ1) is 12.6. The maximum absolute atomic E-state index is 10.3. The molecule has 0 amide bonds. The van der Waals surface area contributed by atoms with Gasteiger partial charge in [-0.2, -0.15) is 0 Å². The third-order valence-electron chi connectivity index (χ3n) is 4.63. The summed E-state index contributed by atoms with van der Waals surface area (Å²) in [6.45, 7) is 2.78. The molecule has 0 aromatic heterocycles. The Morgan fingerprint density at radius 2 is 1.96 bits per heavy atom. The number of hydrogen-bond donors (Lipinski definition) is 2.